The van der Waals surface area contributed by atoms with E-state index < -0.39 is 11.0 Å². The highest BCUT2D eigenvalue weighted by Crippen LogP contribution is 2.25. The third kappa shape index (κ3) is 4.22. The normalized spacial score (nSPS) is 11.0. The molecular weight excluding hydrogens is 274 g/mol. The molecule has 102 valence electrons. The summed E-state index contributed by atoms with van der Waals surface area (Å²) in [6.07, 6.45) is -0.690. The number of amides is 1. The van der Waals surface area contributed by atoms with E-state index in [0.29, 0.717) is 11.3 Å². The minimum Gasteiger partial charge on any atom is -0.449 e. The average molecular weight is 286 g/mol. The molecule has 0 atom stereocenters. The highest BCUT2D eigenvalue weighted by molar-refractivity contribution is 6.32. The van der Waals surface area contributed by atoms with Crippen LogP contribution in [0.2, 0.25) is 5.02 Å². The molecule has 0 aliphatic carbocycles. The van der Waals surface area contributed by atoms with E-state index in [1.54, 1.807) is 19.9 Å². The summed E-state index contributed by atoms with van der Waals surface area (Å²) in [5.41, 5.74) is 2.83. The Hall–Kier alpha value is -2.15. The second-order valence-electron chi connectivity index (χ2n) is 3.45. The van der Waals surface area contributed by atoms with Gasteiger partial charge in [-0.3, -0.25) is 10.1 Å². The maximum atomic E-state index is 11.0. The molecule has 0 spiro atoms. The molecule has 0 saturated carbocycles. The molecule has 0 aliphatic rings. The minimum absolute atomic E-state index is 0.0416. The number of carbonyl (C=O) groups excluding carboxylic acids is 1. The van der Waals surface area contributed by atoms with Crippen molar-refractivity contribution in [2.75, 3.05) is 6.61 Å². The average Bonchev–Trinajstić information content (AvgIpc) is 2.36. The monoisotopic (exact) mass is 285 g/mol. The van der Waals surface area contributed by atoms with Gasteiger partial charge in [0.1, 0.15) is 5.02 Å². The van der Waals surface area contributed by atoms with E-state index >= 15 is 0 Å². The number of rotatable bonds is 4. The number of benzene rings is 1. The van der Waals surface area contributed by atoms with E-state index in [1.165, 1.54) is 12.1 Å². The SMILES string of the molecule is CCOC(=O)NN=C(C)c1ccc(Cl)c([N+](=O)[O-])c1. The smallest absolute Gasteiger partial charge is 0.427 e. The first-order valence-electron chi connectivity index (χ1n) is 5.37. The first kappa shape index (κ1) is 14.9. The number of nitrogens with one attached hydrogen (secondary N) is 1. The largest absolute Gasteiger partial charge is 0.449 e. The van der Waals surface area contributed by atoms with Crippen LogP contribution in [0.4, 0.5) is 10.5 Å². The van der Waals surface area contributed by atoms with Crippen molar-refractivity contribution in [3.05, 3.63) is 38.9 Å². The van der Waals surface area contributed by atoms with Crippen LogP contribution in [0, 0.1) is 10.1 Å². The van der Waals surface area contributed by atoms with E-state index in [2.05, 4.69) is 15.3 Å². The van der Waals surface area contributed by atoms with Crippen LogP contribution in [-0.2, 0) is 4.74 Å². The molecule has 7 nitrogen and oxygen atoms in total. The number of ether oxygens (including phenoxy) is 1. The molecule has 1 aromatic rings. The van der Waals surface area contributed by atoms with Crippen molar-refractivity contribution in [3.63, 3.8) is 0 Å². The summed E-state index contributed by atoms with van der Waals surface area (Å²) < 4.78 is 4.62. The van der Waals surface area contributed by atoms with Crippen LogP contribution in [0.5, 0.6) is 0 Å². The lowest BCUT2D eigenvalue weighted by Crippen LogP contribution is -2.20. The van der Waals surface area contributed by atoms with Gasteiger partial charge >= 0.3 is 6.09 Å². The van der Waals surface area contributed by atoms with E-state index in [1.807, 2.05) is 0 Å². The molecule has 1 aromatic carbocycles. The second kappa shape index (κ2) is 6.69. The van der Waals surface area contributed by atoms with Gasteiger partial charge in [-0.1, -0.05) is 17.7 Å². The van der Waals surface area contributed by atoms with E-state index in [9.17, 15) is 14.9 Å². The summed E-state index contributed by atoms with van der Waals surface area (Å²) in [6.45, 7) is 3.49. The van der Waals surface area contributed by atoms with Crippen LogP contribution in [0.15, 0.2) is 23.3 Å². The van der Waals surface area contributed by atoms with Crippen molar-refractivity contribution in [1.29, 1.82) is 0 Å². The summed E-state index contributed by atoms with van der Waals surface area (Å²) >= 11 is 5.69. The number of carbonyl (C=O) groups is 1. The molecular formula is C11H12ClN3O4. The van der Waals surface area contributed by atoms with Crippen LogP contribution in [0.25, 0.3) is 0 Å². The number of hydrazone groups is 1. The Kier molecular flexibility index (Phi) is 5.25. The van der Waals surface area contributed by atoms with Crippen molar-refractivity contribution in [2.45, 2.75) is 13.8 Å². The van der Waals surface area contributed by atoms with Gasteiger partial charge in [0.15, 0.2) is 0 Å². The fraction of sp³-hybridized carbons (Fsp3) is 0.273. The highest BCUT2D eigenvalue weighted by Gasteiger charge is 2.13. The summed E-state index contributed by atoms with van der Waals surface area (Å²) in [4.78, 5) is 21.2. The van der Waals surface area contributed by atoms with E-state index in [0.717, 1.165) is 0 Å². The Bertz CT molecular complexity index is 531. The van der Waals surface area contributed by atoms with Crippen LogP contribution < -0.4 is 5.43 Å². The molecule has 0 unspecified atom stereocenters. The summed E-state index contributed by atoms with van der Waals surface area (Å²) in [6, 6.07) is 4.26. The number of halogens is 1. The van der Waals surface area contributed by atoms with Gasteiger partial charge in [0.2, 0.25) is 0 Å². The van der Waals surface area contributed by atoms with Gasteiger partial charge in [-0.25, -0.2) is 10.2 Å². The zero-order valence-corrected chi connectivity index (χ0v) is 11.1. The number of hydrogen-bond acceptors (Lipinski definition) is 5. The number of nitro benzene ring substituents is 1. The Morgan fingerprint density at radius 1 is 1.58 bits per heavy atom. The van der Waals surface area contributed by atoms with Crippen molar-refractivity contribution in [3.8, 4) is 0 Å². The van der Waals surface area contributed by atoms with Gasteiger partial charge in [-0.05, 0) is 19.9 Å². The molecule has 19 heavy (non-hydrogen) atoms. The molecule has 0 aliphatic heterocycles. The Balaban J connectivity index is 2.91. The van der Waals surface area contributed by atoms with Crippen molar-refractivity contribution in [1.82, 2.24) is 5.43 Å². The maximum Gasteiger partial charge on any atom is 0.427 e. The highest BCUT2D eigenvalue weighted by atomic mass is 35.5. The Morgan fingerprint density at radius 3 is 2.84 bits per heavy atom. The lowest BCUT2D eigenvalue weighted by Gasteiger charge is -2.03. The van der Waals surface area contributed by atoms with Gasteiger partial charge in [-0.15, -0.1) is 0 Å². The molecule has 1 N–H and O–H groups in total. The molecule has 0 aromatic heterocycles. The van der Waals surface area contributed by atoms with Crippen LogP contribution in [0.1, 0.15) is 19.4 Å². The van der Waals surface area contributed by atoms with Gasteiger partial charge in [0, 0.05) is 11.6 Å². The summed E-state index contributed by atoms with van der Waals surface area (Å²) in [5.74, 6) is 0. The third-order valence-electron chi connectivity index (χ3n) is 2.15. The molecule has 1 rings (SSSR count). The van der Waals surface area contributed by atoms with Crippen molar-refractivity contribution < 1.29 is 14.5 Å². The van der Waals surface area contributed by atoms with Crippen LogP contribution >= 0.6 is 11.6 Å². The molecule has 0 saturated heterocycles. The quantitative estimate of drug-likeness (QED) is 0.523. The molecule has 0 radical (unpaired) electrons. The molecule has 0 bridgehead atoms. The summed E-state index contributed by atoms with van der Waals surface area (Å²) in [7, 11) is 0. The first-order valence-corrected chi connectivity index (χ1v) is 5.74. The van der Waals surface area contributed by atoms with Crippen molar-refractivity contribution in [2.24, 2.45) is 5.10 Å². The molecule has 8 heteroatoms. The van der Waals surface area contributed by atoms with Gasteiger partial charge in [0.25, 0.3) is 5.69 Å². The van der Waals surface area contributed by atoms with Crippen molar-refractivity contribution >= 4 is 29.1 Å². The predicted molar refractivity (Wildman–Crippen MR) is 70.5 cm³/mol. The predicted octanol–water partition coefficient (Wildman–Crippen LogP) is 2.72. The standard InChI is InChI=1S/C11H12ClN3O4/c1-3-19-11(16)14-13-7(2)8-4-5-9(12)10(6-8)15(17)18/h4-6H,3H2,1-2H3,(H,14,16). The Morgan fingerprint density at radius 2 is 2.26 bits per heavy atom. The second-order valence-corrected chi connectivity index (χ2v) is 3.86. The number of nitro groups is 1. The summed E-state index contributed by atoms with van der Waals surface area (Å²) in [5, 5.41) is 14.6. The van der Waals surface area contributed by atoms with Gasteiger partial charge in [0.05, 0.1) is 17.2 Å². The van der Waals surface area contributed by atoms with Crippen LogP contribution in [-0.4, -0.2) is 23.3 Å². The fourth-order valence-electron chi connectivity index (χ4n) is 1.24. The zero-order chi connectivity index (χ0) is 14.4. The fourth-order valence-corrected chi connectivity index (χ4v) is 1.42. The molecule has 1 amide bonds. The third-order valence-corrected chi connectivity index (χ3v) is 2.47. The zero-order valence-electron chi connectivity index (χ0n) is 10.3. The maximum absolute atomic E-state index is 11.0. The minimum atomic E-state index is -0.690. The Labute approximate surface area is 114 Å². The lowest BCUT2D eigenvalue weighted by molar-refractivity contribution is -0.384. The molecule has 0 heterocycles. The first-order chi connectivity index (χ1) is 8.95. The lowest BCUT2D eigenvalue weighted by atomic mass is 10.1. The van der Waals surface area contributed by atoms with Gasteiger partial charge in [-0.2, -0.15) is 5.10 Å². The number of nitrogens with zero attached hydrogens (tertiary/aromatic N) is 2. The topological polar surface area (TPSA) is 93.8 Å². The molecule has 0 fully saturated rings. The van der Waals surface area contributed by atoms with Crippen LogP contribution in [0.3, 0.4) is 0 Å². The van der Waals surface area contributed by atoms with E-state index in [4.69, 9.17) is 11.6 Å². The number of hydrogen-bond donors (Lipinski definition) is 1. The van der Waals surface area contributed by atoms with Gasteiger partial charge < -0.3 is 4.74 Å². The van der Waals surface area contributed by atoms with E-state index in [-0.39, 0.29) is 17.3 Å².